The quantitative estimate of drug-likeness (QED) is 0.794. The monoisotopic (exact) mass is 382 g/mol. The van der Waals surface area contributed by atoms with Crippen molar-refractivity contribution in [1.82, 2.24) is 4.90 Å². The van der Waals surface area contributed by atoms with Crippen molar-refractivity contribution in [2.75, 3.05) is 37.7 Å². The number of likely N-dealkylation sites (tertiary alicyclic amines) is 1. The van der Waals surface area contributed by atoms with Crippen LogP contribution in [-0.4, -0.2) is 49.7 Å². The zero-order valence-electron chi connectivity index (χ0n) is 16.1. The van der Waals surface area contributed by atoms with E-state index in [-0.39, 0.29) is 17.8 Å². The third-order valence-electron chi connectivity index (χ3n) is 5.75. The van der Waals surface area contributed by atoms with E-state index in [1.54, 1.807) is 0 Å². The smallest absolute Gasteiger partial charge is 0.227 e. The van der Waals surface area contributed by atoms with Gasteiger partial charge in [0, 0.05) is 31.4 Å². The van der Waals surface area contributed by atoms with Crippen molar-refractivity contribution in [3.05, 3.63) is 65.5 Å². The van der Waals surface area contributed by atoms with Crippen LogP contribution >= 0.6 is 0 Å². The van der Waals surface area contributed by atoms with E-state index in [1.165, 1.54) is 17.8 Å². The number of halogens is 1. The Labute approximate surface area is 165 Å². The number of benzene rings is 2. The van der Waals surface area contributed by atoms with Crippen molar-refractivity contribution in [1.29, 1.82) is 0 Å². The van der Waals surface area contributed by atoms with Gasteiger partial charge in [0.1, 0.15) is 5.82 Å². The van der Waals surface area contributed by atoms with Gasteiger partial charge in [-0.05, 0) is 54.7 Å². The molecular formula is C23H27FN2O2. The molecule has 0 aromatic heterocycles. The molecule has 1 unspecified atom stereocenters. The molecule has 2 fully saturated rings. The van der Waals surface area contributed by atoms with Gasteiger partial charge in [0.2, 0.25) is 5.91 Å². The molecule has 0 radical (unpaired) electrons. The van der Waals surface area contributed by atoms with Crippen molar-refractivity contribution in [2.45, 2.75) is 31.7 Å². The lowest BCUT2D eigenvalue weighted by atomic mass is 10.0. The largest absolute Gasteiger partial charge is 0.378 e. The number of carbonyl (C=O) groups excluding carboxylic acids is 1. The number of hydrogen-bond acceptors (Lipinski definition) is 3. The fraction of sp³-hybridized carbons (Fsp3) is 0.435. The number of ether oxygens (including phenoxy) is 1. The predicted octanol–water partition coefficient (Wildman–Crippen LogP) is 3.44. The Kier molecular flexibility index (Phi) is 5.91. The molecule has 0 bridgehead atoms. The van der Waals surface area contributed by atoms with Gasteiger partial charge in [-0.3, -0.25) is 4.79 Å². The standard InChI is InChI=1S/C23H27FN2O2/c24-20-7-3-18(4-8-20)16-22-2-1-11-26(22)23(27)17-19-5-9-21(10-6-19)25-12-14-28-15-13-25/h3-10,22H,1-2,11-17H2. The molecule has 5 heteroatoms. The summed E-state index contributed by atoms with van der Waals surface area (Å²) < 4.78 is 18.5. The number of anilines is 1. The third-order valence-corrected chi connectivity index (χ3v) is 5.75. The average Bonchev–Trinajstić information content (AvgIpc) is 3.19. The summed E-state index contributed by atoms with van der Waals surface area (Å²) in [6, 6.07) is 15.2. The fourth-order valence-corrected chi connectivity index (χ4v) is 4.19. The van der Waals surface area contributed by atoms with E-state index in [1.807, 2.05) is 17.0 Å². The van der Waals surface area contributed by atoms with Crippen LogP contribution in [0.3, 0.4) is 0 Å². The van der Waals surface area contributed by atoms with Crippen LogP contribution in [-0.2, 0) is 22.4 Å². The summed E-state index contributed by atoms with van der Waals surface area (Å²) in [6.45, 7) is 4.18. The van der Waals surface area contributed by atoms with Crippen LogP contribution < -0.4 is 4.90 Å². The molecule has 4 rings (SSSR count). The molecule has 2 aromatic rings. The highest BCUT2D eigenvalue weighted by atomic mass is 19.1. The molecule has 0 spiro atoms. The first-order valence-corrected chi connectivity index (χ1v) is 10.1. The molecule has 2 aromatic carbocycles. The highest BCUT2D eigenvalue weighted by molar-refractivity contribution is 5.79. The molecule has 4 nitrogen and oxygen atoms in total. The van der Waals surface area contributed by atoms with Gasteiger partial charge in [-0.15, -0.1) is 0 Å². The lowest BCUT2D eigenvalue weighted by Crippen LogP contribution is -2.37. The maximum absolute atomic E-state index is 13.1. The molecule has 148 valence electrons. The van der Waals surface area contributed by atoms with E-state index >= 15 is 0 Å². The van der Waals surface area contributed by atoms with Crippen molar-refractivity contribution in [3.8, 4) is 0 Å². The van der Waals surface area contributed by atoms with Gasteiger partial charge in [0.05, 0.1) is 19.6 Å². The number of carbonyl (C=O) groups is 1. The average molecular weight is 382 g/mol. The Morgan fingerprint density at radius 3 is 2.36 bits per heavy atom. The lowest BCUT2D eigenvalue weighted by Gasteiger charge is -2.29. The molecular weight excluding hydrogens is 355 g/mol. The Morgan fingerprint density at radius 2 is 1.64 bits per heavy atom. The summed E-state index contributed by atoms with van der Waals surface area (Å²) in [4.78, 5) is 17.2. The Balaban J connectivity index is 1.36. The number of hydrogen-bond donors (Lipinski definition) is 0. The Hall–Kier alpha value is -2.40. The summed E-state index contributed by atoms with van der Waals surface area (Å²) in [5.41, 5.74) is 3.32. The topological polar surface area (TPSA) is 32.8 Å². The van der Waals surface area contributed by atoms with Gasteiger partial charge in [-0.25, -0.2) is 4.39 Å². The molecule has 2 saturated heterocycles. The lowest BCUT2D eigenvalue weighted by molar-refractivity contribution is -0.131. The minimum Gasteiger partial charge on any atom is -0.378 e. The zero-order chi connectivity index (χ0) is 19.3. The molecule has 0 aliphatic carbocycles. The predicted molar refractivity (Wildman–Crippen MR) is 108 cm³/mol. The van der Waals surface area contributed by atoms with Crippen LogP contribution in [0.2, 0.25) is 0 Å². The molecule has 2 heterocycles. The minimum atomic E-state index is -0.219. The molecule has 1 amide bonds. The zero-order valence-corrected chi connectivity index (χ0v) is 16.1. The van der Waals surface area contributed by atoms with E-state index in [4.69, 9.17) is 4.74 Å². The molecule has 0 N–H and O–H groups in total. The number of amides is 1. The van der Waals surface area contributed by atoms with Gasteiger partial charge >= 0.3 is 0 Å². The summed E-state index contributed by atoms with van der Waals surface area (Å²) >= 11 is 0. The van der Waals surface area contributed by atoms with Gasteiger partial charge < -0.3 is 14.5 Å². The Morgan fingerprint density at radius 1 is 0.964 bits per heavy atom. The van der Waals surface area contributed by atoms with Gasteiger partial charge in [0.15, 0.2) is 0 Å². The number of morpholine rings is 1. The van der Waals surface area contributed by atoms with Crippen LogP contribution in [0.15, 0.2) is 48.5 Å². The van der Waals surface area contributed by atoms with E-state index in [0.717, 1.165) is 63.2 Å². The summed E-state index contributed by atoms with van der Waals surface area (Å²) in [5, 5.41) is 0. The van der Waals surface area contributed by atoms with Crippen molar-refractivity contribution >= 4 is 11.6 Å². The molecule has 2 aliphatic rings. The molecule has 1 atom stereocenters. The van der Waals surface area contributed by atoms with Gasteiger partial charge in [-0.2, -0.15) is 0 Å². The highest BCUT2D eigenvalue weighted by Gasteiger charge is 2.28. The van der Waals surface area contributed by atoms with Crippen LogP contribution in [0, 0.1) is 5.82 Å². The first kappa shape index (κ1) is 18.9. The Bertz CT molecular complexity index is 785. The molecule has 2 aliphatic heterocycles. The highest BCUT2D eigenvalue weighted by Crippen LogP contribution is 2.23. The maximum atomic E-state index is 13.1. The van der Waals surface area contributed by atoms with Crippen molar-refractivity contribution in [3.63, 3.8) is 0 Å². The van der Waals surface area contributed by atoms with Gasteiger partial charge in [0.25, 0.3) is 0 Å². The van der Waals surface area contributed by atoms with Crippen LogP contribution in [0.4, 0.5) is 10.1 Å². The minimum absolute atomic E-state index is 0.184. The van der Waals surface area contributed by atoms with Crippen molar-refractivity contribution in [2.24, 2.45) is 0 Å². The van der Waals surface area contributed by atoms with E-state index < -0.39 is 0 Å². The van der Waals surface area contributed by atoms with Crippen molar-refractivity contribution < 1.29 is 13.9 Å². The second-order valence-corrected chi connectivity index (χ2v) is 7.66. The molecule has 28 heavy (non-hydrogen) atoms. The molecule has 0 saturated carbocycles. The van der Waals surface area contributed by atoms with E-state index in [0.29, 0.717) is 6.42 Å². The van der Waals surface area contributed by atoms with Crippen LogP contribution in [0.1, 0.15) is 24.0 Å². The van der Waals surface area contributed by atoms with Gasteiger partial charge in [-0.1, -0.05) is 24.3 Å². The summed E-state index contributed by atoms with van der Waals surface area (Å²) in [7, 11) is 0. The SMILES string of the molecule is O=C(Cc1ccc(N2CCOCC2)cc1)N1CCCC1Cc1ccc(F)cc1. The second kappa shape index (κ2) is 8.74. The first-order chi connectivity index (χ1) is 13.7. The summed E-state index contributed by atoms with van der Waals surface area (Å²) in [5.74, 6) is -0.0348. The number of rotatable bonds is 5. The van der Waals surface area contributed by atoms with Crippen LogP contribution in [0.5, 0.6) is 0 Å². The van der Waals surface area contributed by atoms with Crippen LogP contribution in [0.25, 0.3) is 0 Å². The normalized spacial score (nSPS) is 19.8. The van der Waals surface area contributed by atoms with E-state index in [9.17, 15) is 9.18 Å². The first-order valence-electron chi connectivity index (χ1n) is 10.1. The number of nitrogens with zero attached hydrogens (tertiary/aromatic N) is 2. The second-order valence-electron chi connectivity index (χ2n) is 7.66. The third kappa shape index (κ3) is 4.53. The van der Waals surface area contributed by atoms with E-state index in [2.05, 4.69) is 29.2 Å². The maximum Gasteiger partial charge on any atom is 0.227 e. The summed E-state index contributed by atoms with van der Waals surface area (Å²) in [6.07, 6.45) is 3.28. The fourth-order valence-electron chi connectivity index (χ4n) is 4.19.